The Bertz CT molecular complexity index is 148. The highest BCUT2D eigenvalue weighted by Crippen LogP contribution is 2.18. The summed E-state index contributed by atoms with van der Waals surface area (Å²) in [7, 11) is 0. The van der Waals surface area contributed by atoms with Crippen molar-refractivity contribution in [2.24, 2.45) is 0 Å². The first-order chi connectivity index (χ1) is 3.72. The van der Waals surface area contributed by atoms with Crippen LogP contribution >= 0.6 is 0 Å². The highest BCUT2D eigenvalue weighted by atomic mass is 16.4. The second-order valence-electron chi connectivity index (χ2n) is 1.72. The third kappa shape index (κ3) is 0.607. The van der Waals surface area contributed by atoms with Crippen LogP contribution in [0.5, 0.6) is 0 Å². The molecule has 0 bridgehead atoms. The van der Waals surface area contributed by atoms with Crippen LogP contribution < -0.4 is 0 Å². The molecule has 1 rings (SSSR count). The summed E-state index contributed by atoms with van der Waals surface area (Å²) in [5.74, 6) is -1.01. The van der Waals surface area contributed by atoms with Crippen LogP contribution in [0.15, 0.2) is 11.6 Å². The number of carbonyl (C=O) groups is 1. The van der Waals surface area contributed by atoms with Gasteiger partial charge in [-0.2, -0.15) is 0 Å². The van der Waals surface area contributed by atoms with Gasteiger partial charge in [0.1, 0.15) is 0 Å². The molecule has 1 aliphatic carbocycles. The summed E-state index contributed by atoms with van der Waals surface area (Å²) in [6, 6.07) is 0. The molecule has 3 heteroatoms. The van der Waals surface area contributed by atoms with Crippen molar-refractivity contribution in [3.63, 3.8) is 0 Å². The van der Waals surface area contributed by atoms with Crippen molar-refractivity contribution in [2.75, 3.05) is 0 Å². The maximum absolute atomic E-state index is 9.96. The molecule has 0 amide bonds. The third-order valence-corrected chi connectivity index (χ3v) is 1.17. The molecule has 44 valence electrons. The van der Waals surface area contributed by atoms with Crippen molar-refractivity contribution in [2.45, 2.75) is 12.5 Å². The van der Waals surface area contributed by atoms with E-state index in [1.54, 1.807) is 0 Å². The fraction of sp³-hybridized carbons (Fsp3) is 0.400. The Morgan fingerprint density at radius 3 is 2.50 bits per heavy atom. The molecule has 0 heterocycles. The molecule has 8 heavy (non-hydrogen) atoms. The van der Waals surface area contributed by atoms with Crippen LogP contribution in [-0.4, -0.2) is 22.3 Å². The van der Waals surface area contributed by atoms with Crippen LogP contribution in [0.3, 0.4) is 0 Å². The number of hydrogen-bond acceptors (Lipinski definition) is 2. The van der Waals surface area contributed by atoms with Crippen molar-refractivity contribution >= 4 is 5.97 Å². The number of aliphatic hydroxyl groups is 1. The number of rotatable bonds is 1. The minimum atomic E-state index is -1.01. The van der Waals surface area contributed by atoms with Crippen molar-refractivity contribution in [3.8, 4) is 0 Å². The van der Waals surface area contributed by atoms with E-state index in [1.165, 1.54) is 6.08 Å². The zero-order valence-corrected chi connectivity index (χ0v) is 4.16. The van der Waals surface area contributed by atoms with Gasteiger partial charge in [-0.1, -0.05) is 6.08 Å². The van der Waals surface area contributed by atoms with Crippen LogP contribution in [0.25, 0.3) is 0 Å². The van der Waals surface area contributed by atoms with Crippen LogP contribution in [-0.2, 0) is 4.79 Å². The molecule has 0 aromatic carbocycles. The summed E-state index contributed by atoms with van der Waals surface area (Å²) in [6.07, 6.45) is 1.28. The van der Waals surface area contributed by atoms with E-state index in [9.17, 15) is 4.79 Å². The molecule has 0 saturated carbocycles. The molecular weight excluding hydrogens is 108 g/mol. The van der Waals surface area contributed by atoms with Gasteiger partial charge in [0, 0.05) is 0 Å². The lowest BCUT2D eigenvalue weighted by molar-refractivity contribution is -0.134. The summed E-state index contributed by atoms with van der Waals surface area (Å²) in [5, 5.41) is 16.8. The maximum atomic E-state index is 9.96. The Morgan fingerprint density at radius 2 is 2.50 bits per heavy atom. The van der Waals surface area contributed by atoms with Gasteiger partial charge in [-0.15, -0.1) is 0 Å². The van der Waals surface area contributed by atoms with E-state index in [-0.39, 0.29) is 5.57 Å². The van der Waals surface area contributed by atoms with E-state index in [0.29, 0.717) is 6.42 Å². The quantitative estimate of drug-likeness (QED) is 0.494. The first kappa shape index (κ1) is 5.31. The standard InChI is InChI=1S/C5H6O3/c6-4-2-1-3(4)5(7)8/h1,4,6H,2H2,(H,7,8). The third-order valence-electron chi connectivity index (χ3n) is 1.17. The summed E-state index contributed by atoms with van der Waals surface area (Å²) < 4.78 is 0. The van der Waals surface area contributed by atoms with Gasteiger partial charge in [0.25, 0.3) is 0 Å². The normalized spacial score (nSPS) is 26.1. The summed E-state index contributed by atoms with van der Waals surface area (Å²) >= 11 is 0. The largest absolute Gasteiger partial charge is 0.478 e. The summed E-state index contributed by atoms with van der Waals surface area (Å²) in [5.41, 5.74) is 0.130. The molecule has 1 unspecified atom stereocenters. The first-order valence-electron chi connectivity index (χ1n) is 2.33. The molecule has 0 aromatic heterocycles. The van der Waals surface area contributed by atoms with Gasteiger partial charge in [0.15, 0.2) is 0 Å². The van der Waals surface area contributed by atoms with Crippen LogP contribution in [0, 0.1) is 0 Å². The topological polar surface area (TPSA) is 57.5 Å². The highest BCUT2D eigenvalue weighted by Gasteiger charge is 2.23. The SMILES string of the molecule is O=C(O)C1=CCC1O. The lowest BCUT2D eigenvalue weighted by Crippen LogP contribution is -2.24. The first-order valence-corrected chi connectivity index (χ1v) is 2.33. The molecule has 1 aliphatic rings. The monoisotopic (exact) mass is 114 g/mol. The second-order valence-corrected chi connectivity index (χ2v) is 1.72. The van der Waals surface area contributed by atoms with Gasteiger partial charge in [-0.05, 0) is 6.42 Å². The molecular formula is C5H6O3. The molecule has 0 aromatic rings. The van der Waals surface area contributed by atoms with Crippen molar-refractivity contribution in [3.05, 3.63) is 11.6 Å². The number of aliphatic carboxylic acids is 1. The number of hydrogen-bond donors (Lipinski definition) is 2. The van der Waals surface area contributed by atoms with Crippen LogP contribution in [0.2, 0.25) is 0 Å². The Labute approximate surface area is 46.3 Å². The zero-order chi connectivity index (χ0) is 6.15. The molecule has 3 nitrogen and oxygen atoms in total. The lowest BCUT2D eigenvalue weighted by Gasteiger charge is -2.16. The number of carboxylic acids is 1. The minimum absolute atomic E-state index is 0.130. The van der Waals surface area contributed by atoms with Crippen molar-refractivity contribution in [1.29, 1.82) is 0 Å². The number of carboxylic acid groups (broad SMARTS) is 1. The highest BCUT2D eigenvalue weighted by molar-refractivity contribution is 5.89. The van der Waals surface area contributed by atoms with Gasteiger partial charge in [0.05, 0.1) is 11.7 Å². The Hall–Kier alpha value is -0.830. The van der Waals surface area contributed by atoms with E-state index in [4.69, 9.17) is 10.2 Å². The fourth-order valence-corrected chi connectivity index (χ4v) is 0.571. The van der Waals surface area contributed by atoms with Gasteiger partial charge < -0.3 is 10.2 Å². The Kier molecular flexibility index (Phi) is 1.06. The van der Waals surface area contributed by atoms with E-state index >= 15 is 0 Å². The van der Waals surface area contributed by atoms with E-state index < -0.39 is 12.1 Å². The average molecular weight is 114 g/mol. The number of aliphatic hydroxyl groups excluding tert-OH is 1. The zero-order valence-electron chi connectivity index (χ0n) is 4.16. The van der Waals surface area contributed by atoms with Gasteiger partial charge >= 0.3 is 5.97 Å². The molecule has 2 N–H and O–H groups in total. The van der Waals surface area contributed by atoms with E-state index in [0.717, 1.165) is 0 Å². The van der Waals surface area contributed by atoms with E-state index in [2.05, 4.69) is 0 Å². The fourth-order valence-electron chi connectivity index (χ4n) is 0.571. The molecule has 0 spiro atoms. The van der Waals surface area contributed by atoms with Crippen molar-refractivity contribution < 1.29 is 15.0 Å². The second kappa shape index (κ2) is 1.59. The van der Waals surface area contributed by atoms with Crippen LogP contribution in [0.1, 0.15) is 6.42 Å². The van der Waals surface area contributed by atoms with Crippen LogP contribution in [0.4, 0.5) is 0 Å². The van der Waals surface area contributed by atoms with Crippen molar-refractivity contribution in [1.82, 2.24) is 0 Å². The summed E-state index contributed by atoms with van der Waals surface area (Å²) in [4.78, 5) is 9.96. The predicted molar refractivity (Wildman–Crippen MR) is 26.3 cm³/mol. The summed E-state index contributed by atoms with van der Waals surface area (Å²) in [6.45, 7) is 0. The van der Waals surface area contributed by atoms with Gasteiger partial charge in [-0.3, -0.25) is 0 Å². The van der Waals surface area contributed by atoms with Gasteiger partial charge in [0.2, 0.25) is 0 Å². The lowest BCUT2D eigenvalue weighted by atomic mass is 9.96. The van der Waals surface area contributed by atoms with E-state index in [1.807, 2.05) is 0 Å². The Morgan fingerprint density at radius 1 is 1.88 bits per heavy atom. The average Bonchev–Trinajstić information content (AvgIpc) is 1.61. The molecule has 0 fully saturated rings. The van der Waals surface area contributed by atoms with Gasteiger partial charge in [-0.25, -0.2) is 4.79 Å². The molecule has 1 atom stereocenters. The Balaban J connectivity index is 2.62. The minimum Gasteiger partial charge on any atom is -0.478 e. The smallest absolute Gasteiger partial charge is 0.333 e. The predicted octanol–water partition coefficient (Wildman–Crippen LogP) is -0.238. The maximum Gasteiger partial charge on any atom is 0.333 e. The molecule has 0 saturated heterocycles. The molecule has 0 radical (unpaired) electrons. The molecule has 0 aliphatic heterocycles.